The lowest BCUT2D eigenvalue weighted by atomic mass is 10.0. The van der Waals surface area contributed by atoms with Gasteiger partial charge in [-0.05, 0) is 18.3 Å². The molecule has 0 aromatic carbocycles. The van der Waals surface area contributed by atoms with Gasteiger partial charge in [0.1, 0.15) is 0 Å². The van der Waals surface area contributed by atoms with E-state index < -0.39 is 5.97 Å². The number of carbonyl (C=O) groups is 2. The van der Waals surface area contributed by atoms with Crippen molar-refractivity contribution in [2.24, 2.45) is 17.8 Å². The third-order valence-corrected chi connectivity index (χ3v) is 3.61. The van der Waals surface area contributed by atoms with Crippen LogP contribution in [-0.4, -0.2) is 53.6 Å². The Balaban J connectivity index is 1.74. The smallest absolute Gasteiger partial charge is 0.319 e. The van der Waals surface area contributed by atoms with Gasteiger partial charge in [0.25, 0.3) is 0 Å². The lowest BCUT2D eigenvalue weighted by Gasteiger charge is -2.39. The summed E-state index contributed by atoms with van der Waals surface area (Å²) in [4.78, 5) is 25.7. The van der Waals surface area contributed by atoms with Crippen LogP contribution < -0.4 is 0 Å². The molecule has 90 valence electrons. The molecule has 1 aliphatic carbocycles. The summed E-state index contributed by atoms with van der Waals surface area (Å²) in [5, 5.41) is 8.71. The second-order valence-electron chi connectivity index (χ2n) is 5.08. The summed E-state index contributed by atoms with van der Waals surface area (Å²) in [6.45, 7) is 3.71. The van der Waals surface area contributed by atoms with E-state index in [1.807, 2.05) is 0 Å². The van der Waals surface area contributed by atoms with E-state index in [2.05, 4.69) is 6.92 Å². The Kier molecular flexibility index (Phi) is 2.78. The molecular formula is C11H18N2O3. The molecule has 2 rings (SSSR count). The fraction of sp³-hybridized carbons (Fsp3) is 0.818. The highest BCUT2D eigenvalue weighted by molar-refractivity contribution is 5.79. The second-order valence-corrected chi connectivity index (χ2v) is 5.08. The number of carboxylic acids is 1. The van der Waals surface area contributed by atoms with Crippen LogP contribution in [0.1, 0.15) is 13.3 Å². The van der Waals surface area contributed by atoms with Crippen molar-refractivity contribution >= 4 is 12.0 Å². The highest BCUT2D eigenvalue weighted by Crippen LogP contribution is 2.38. The molecular weight excluding hydrogens is 208 g/mol. The number of rotatable bonds is 3. The molecule has 1 saturated carbocycles. The number of hydrogen-bond acceptors (Lipinski definition) is 2. The Morgan fingerprint density at radius 1 is 1.44 bits per heavy atom. The van der Waals surface area contributed by atoms with Crippen LogP contribution in [0.25, 0.3) is 0 Å². The fourth-order valence-corrected chi connectivity index (χ4v) is 2.12. The summed E-state index contributed by atoms with van der Waals surface area (Å²) in [6, 6.07) is -0.0309. The topological polar surface area (TPSA) is 60.9 Å². The summed E-state index contributed by atoms with van der Waals surface area (Å²) in [5.74, 6) is 0.212. The van der Waals surface area contributed by atoms with Crippen LogP contribution in [0.2, 0.25) is 0 Å². The molecule has 1 heterocycles. The average Bonchev–Trinajstić information content (AvgIpc) is 2.77. The first kappa shape index (κ1) is 11.2. The van der Waals surface area contributed by atoms with Gasteiger partial charge < -0.3 is 14.9 Å². The summed E-state index contributed by atoms with van der Waals surface area (Å²) >= 11 is 0. The quantitative estimate of drug-likeness (QED) is 0.771. The van der Waals surface area contributed by atoms with E-state index in [1.54, 1.807) is 16.8 Å². The molecule has 2 fully saturated rings. The molecule has 0 spiro atoms. The number of urea groups is 1. The van der Waals surface area contributed by atoms with Crippen LogP contribution in [0.4, 0.5) is 4.79 Å². The van der Waals surface area contributed by atoms with Gasteiger partial charge in [-0.2, -0.15) is 0 Å². The normalized spacial score (nSPS) is 28.5. The number of carbonyl (C=O) groups excluding carboxylic acids is 1. The summed E-state index contributed by atoms with van der Waals surface area (Å²) in [5.41, 5.74) is 0. The zero-order valence-corrected chi connectivity index (χ0v) is 9.72. The van der Waals surface area contributed by atoms with Crippen LogP contribution >= 0.6 is 0 Å². The predicted molar refractivity (Wildman–Crippen MR) is 58.0 cm³/mol. The minimum Gasteiger partial charge on any atom is -0.481 e. The lowest BCUT2D eigenvalue weighted by Crippen LogP contribution is -2.56. The van der Waals surface area contributed by atoms with Crippen molar-refractivity contribution < 1.29 is 14.7 Å². The molecule has 0 aromatic rings. The number of carboxylic acid groups (broad SMARTS) is 1. The molecule has 0 aromatic heterocycles. The Morgan fingerprint density at radius 3 is 2.44 bits per heavy atom. The third-order valence-electron chi connectivity index (χ3n) is 3.61. The zero-order valence-electron chi connectivity index (χ0n) is 9.72. The molecule has 0 radical (unpaired) electrons. The standard InChI is InChI=1S/C11H18N2O3/c1-7-3-8(7)4-12(2)11(16)13-5-9(6-13)10(14)15/h7-9H,3-6H2,1-2H3,(H,14,15). The maximum Gasteiger partial charge on any atom is 0.319 e. The van der Waals surface area contributed by atoms with Gasteiger partial charge in [0.05, 0.1) is 5.92 Å². The van der Waals surface area contributed by atoms with Gasteiger partial charge in [-0.15, -0.1) is 0 Å². The molecule has 2 atom stereocenters. The molecule has 2 unspecified atom stereocenters. The van der Waals surface area contributed by atoms with Crippen LogP contribution in [0.3, 0.4) is 0 Å². The molecule has 1 aliphatic heterocycles. The maximum atomic E-state index is 11.8. The molecule has 1 N–H and O–H groups in total. The third kappa shape index (κ3) is 2.13. The van der Waals surface area contributed by atoms with Crippen LogP contribution in [-0.2, 0) is 4.79 Å². The Labute approximate surface area is 95.0 Å². The number of nitrogens with zero attached hydrogens (tertiary/aromatic N) is 2. The molecule has 2 aliphatic rings. The summed E-state index contributed by atoms with van der Waals surface area (Å²) in [7, 11) is 1.79. The second kappa shape index (κ2) is 3.96. The minimum absolute atomic E-state index is 0.0309. The summed E-state index contributed by atoms with van der Waals surface area (Å²) < 4.78 is 0. The number of amides is 2. The minimum atomic E-state index is -0.803. The van der Waals surface area contributed by atoms with Gasteiger partial charge in [0, 0.05) is 26.7 Å². The monoisotopic (exact) mass is 226 g/mol. The predicted octanol–water partition coefficient (Wildman–Crippen LogP) is 0.711. The highest BCUT2D eigenvalue weighted by Gasteiger charge is 2.39. The summed E-state index contributed by atoms with van der Waals surface area (Å²) in [6.07, 6.45) is 1.20. The molecule has 16 heavy (non-hydrogen) atoms. The molecule has 5 heteroatoms. The number of hydrogen-bond donors (Lipinski definition) is 1. The van der Waals surface area contributed by atoms with Crippen molar-refractivity contribution in [3.8, 4) is 0 Å². The maximum absolute atomic E-state index is 11.8. The van der Waals surface area contributed by atoms with E-state index in [0.29, 0.717) is 19.0 Å². The lowest BCUT2D eigenvalue weighted by molar-refractivity contribution is -0.146. The number of aliphatic carboxylic acids is 1. The van der Waals surface area contributed by atoms with Crippen LogP contribution in [0.5, 0.6) is 0 Å². The van der Waals surface area contributed by atoms with Gasteiger partial charge in [0.2, 0.25) is 0 Å². The Hall–Kier alpha value is -1.26. The van der Waals surface area contributed by atoms with Crippen molar-refractivity contribution in [3.63, 3.8) is 0 Å². The van der Waals surface area contributed by atoms with E-state index >= 15 is 0 Å². The van der Waals surface area contributed by atoms with Gasteiger partial charge >= 0.3 is 12.0 Å². The van der Waals surface area contributed by atoms with Gasteiger partial charge in [-0.25, -0.2) is 4.79 Å². The van der Waals surface area contributed by atoms with Crippen molar-refractivity contribution in [1.29, 1.82) is 0 Å². The zero-order chi connectivity index (χ0) is 11.9. The van der Waals surface area contributed by atoms with Gasteiger partial charge in [-0.3, -0.25) is 4.79 Å². The fourth-order valence-electron chi connectivity index (χ4n) is 2.12. The molecule has 1 saturated heterocycles. The SMILES string of the molecule is CC1CC1CN(C)C(=O)N1CC(C(=O)O)C1. The van der Waals surface area contributed by atoms with E-state index in [-0.39, 0.29) is 11.9 Å². The van der Waals surface area contributed by atoms with Gasteiger partial charge in [0.15, 0.2) is 0 Å². The number of likely N-dealkylation sites (tertiary alicyclic amines) is 1. The molecule has 5 nitrogen and oxygen atoms in total. The van der Waals surface area contributed by atoms with Gasteiger partial charge in [-0.1, -0.05) is 6.92 Å². The van der Waals surface area contributed by atoms with Crippen LogP contribution in [0, 0.1) is 17.8 Å². The first-order valence-corrected chi connectivity index (χ1v) is 5.72. The van der Waals surface area contributed by atoms with E-state index in [4.69, 9.17) is 5.11 Å². The highest BCUT2D eigenvalue weighted by atomic mass is 16.4. The van der Waals surface area contributed by atoms with Crippen molar-refractivity contribution in [2.75, 3.05) is 26.7 Å². The van der Waals surface area contributed by atoms with Crippen molar-refractivity contribution in [1.82, 2.24) is 9.80 Å². The van der Waals surface area contributed by atoms with Crippen molar-refractivity contribution in [2.45, 2.75) is 13.3 Å². The first-order chi connectivity index (χ1) is 7.49. The Morgan fingerprint density at radius 2 is 2.00 bits per heavy atom. The first-order valence-electron chi connectivity index (χ1n) is 5.72. The van der Waals surface area contributed by atoms with E-state index in [1.165, 1.54) is 6.42 Å². The Bertz CT molecular complexity index is 312. The van der Waals surface area contributed by atoms with E-state index in [9.17, 15) is 9.59 Å². The molecule has 2 amide bonds. The van der Waals surface area contributed by atoms with Crippen LogP contribution in [0.15, 0.2) is 0 Å². The average molecular weight is 226 g/mol. The largest absolute Gasteiger partial charge is 0.481 e. The molecule has 0 bridgehead atoms. The van der Waals surface area contributed by atoms with E-state index in [0.717, 1.165) is 12.5 Å². The van der Waals surface area contributed by atoms with Crippen molar-refractivity contribution in [3.05, 3.63) is 0 Å².